The van der Waals surface area contributed by atoms with E-state index in [0.29, 0.717) is 22.5 Å². The van der Waals surface area contributed by atoms with Gasteiger partial charge in [-0.15, -0.1) is 0 Å². The zero-order valence-electron chi connectivity index (χ0n) is 8.02. The fourth-order valence-electron chi connectivity index (χ4n) is 1.13. The molecule has 0 aromatic heterocycles. The minimum Gasteiger partial charge on any atom is -0.462 e. The highest BCUT2D eigenvalue weighted by Gasteiger charge is 2.15. The lowest BCUT2D eigenvalue weighted by Crippen LogP contribution is -2.08. The summed E-state index contributed by atoms with van der Waals surface area (Å²) in [6.45, 7) is 2.12. The molecule has 0 aliphatic heterocycles. The minimum absolute atomic E-state index is 0.352. The number of esters is 1. The van der Waals surface area contributed by atoms with Gasteiger partial charge in [-0.1, -0.05) is 43.5 Å². The average molecular weight is 356 g/mol. The van der Waals surface area contributed by atoms with E-state index in [2.05, 4.69) is 31.9 Å². The first-order valence-corrected chi connectivity index (χ1v) is 6.60. The van der Waals surface area contributed by atoms with Gasteiger partial charge in [0.05, 0.1) is 12.2 Å². The number of hydrogen-bond donors (Lipinski definition) is 0. The highest BCUT2D eigenvalue weighted by Crippen LogP contribution is 2.28. The van der Waals surface area contributed by atoms with Crippen molar-refractivity contribution in [2.24, 2.45) is 0 Å². The van der Waals surface area contributed by atoms with Crippen LogP contribution in [-0.4, -0.2) is 12.6 Å². The Morgan fingerprint density at radius 2 is 2.20 bits per heavy atom. The summed E-state index contributed by atoms with van der Waals surface area (Å²) in [5.74, 6) is -0.352. The van der Waals surface area contributed by atoms with Gasteiger partial charge < -0.3 is 4.74 Å². The number of alkyl halides is 1. The van der Waals surface area contributed by atoms with Gasteiger partial charge in [-0.05, 0) is 24.6 Å². The van der Waals surface area contributed by atoms with Gasteiger partial charge in [-0.2, -0.15) is 0 Å². The molecule has 0 radical (unpaired) electrons. The predicted molar refractivity (Wildman–Crippen MR) is 67.7 cm³/mol. The molecule has 0 N–H and O–H groups in total. The van der Waals surface area contributed by atoms with E-state index in [1.54, 1.807) is 19.1 Å². The second-order valence-electron chi connectivity index (χ2n) is 2.77. The Morgan fingerprint density at radius 3 is 2.73 bits per heavy atom. The summed E-state index contributed by atoms with van der Waals surface area (Å²) in [4.78, 5) is 11.6. The quantitative estimate of drug-likeness (QED) is 0.600. The maximum Gasteiger partial charge on any atom is 0.338 e. The molecule has 2 nitrogen and oxygen atoms in total. The number of carbonyl (C=O) groups is 1. The number of ether oxygens (including phenoxy) is 1. The first-order valence-electron chi connectivity index (χ1n) is 4.31. The lowest BCUT2D eigenvalue weighted by atomic mass is 10.1. The standard InChI is InChI=1S/C10H9Br2ClO2/c1-2-15-10(14)7-3-6(12)4-9(13)8(7)5-11/h3-4H,2,5H2,1H3. The third-order valence-corrected chi connectivity index (χ3v) is 3.15. The molecule has 82 valence electrons. The topological polar surface area (TPSA) is 26.3 Å². The molecule has 0 amide bonds. The van der Waals surface area contributed by atoms with E-state index in [0.717, 1.165) is 10.0 Å². The number of halogens is 3. The number of benzene rings is 1. The van der Waals surface area contributed by atoms with Crippen LogP contribution in [0.15, 0.2) is 16.6 Å². The summed E-state index contributed by atoms with van der Waals surface area (Å²) in [5.41, 5.74) is 1.24. The van der Waals surface area contributed by atoms with E-state index < -0.39 is 0 Å². The molecule has 0 bridgehead atoms. The molecule has 1 aromatic carbocycles. The normalized spacial score (nSPS) is 10.1. The zero-order chi connectivity index (χ0) is 11.4. The van der Waals surface area contributed by atoms with Crippen molar-refractivity contribution in [1.29, 1.82) is 0 Å². The third-order valence-electron chi connectivity index (χ3n) is 1.79. The second kappa shape index (κ2) is 5.87. The van der Waals surface area contributed by atoms with Crippen LogP contribution in [-0.2, 0) is 10.1 Å². The van der Waals surface area contributed by atoms with Crippen LogP contribution in [0.25, 0.3) is 0 Å². The Balaban J connectivity index is 3.20. The van der Waals surface area contributed by atoms with E-state index in [-0.39, 0.29) is 5.97 Å². The van der Waals surface area contributed by atoms with E-state index in [4.69, 9.17) is 16.3 Å². The molecule has 0 spiro atoms. The Morgan fingerprint density at radius 1 is 1.53 bits per heavy atom. The molecule has 0 heterocycles. The van der Waals surface area contributed by atoms with Crippen LogP contribution in [0.4, 0.5) is 0 Å². The SMILES string of the molecule is CCOC(=O)c1cc(Br)cc(Cl)c1CBr. The van der Waals surface area contributed by atoms with Crippen LogP contribution in [0, 0.1) is 0 Å². The van der Waals surface area contributed by atoms with Gasteiger partial charge in [-0.25, -0.2) is 4.79 Å². The summed E-state index contributed by atoms with van der Waals surface area (Å²) >= 11 is 12.6. The summed E-state index contributed by atoms with van der Waals surface area (Å²) < 4.78 is 5.71. The van der Waals surface area contributed by atoms with Crippen molar-refractivity contribution in [3.05, 3.63) is 32.8 Å². The second-order valence-corrected chi connectivity index (χ2v) is 4.65. The molecule has 0 atom stereocenters. The predicted octanol–water partition coefficient (Wildman–Crippen LogP) is 4.17. The molecule has 0 aliphatic rings. The maximum atomic E-state index is 11.6. The third kappa shape index (κ3) is 3.20. The number of rotatable bonds is 3. The summed E-state index contributed by atoms with van der Waals surface area (Å²) in [5, 5.41) is 1.07. The molecule has 0 saturated heterocycles. The van der Waals surface area contributed by atoms with Crippen LogP contribution in [0.1, 0.15) is 22.8 Å². The average Bonchev–Trinajstić information content (AvgIpc) is 2.17. The Labute approximate surface area is 110 Å². The van der Waals surface area contributed by atoms with Crippen molar-refractivity contribution in [2.45, 2.75) is 12.3 Å². The van der Waals surface area contributed by atoms with Crippen molar-refractivity contribution < 1.29 is 9.53 Å². The Kier molecular flexibility index (Phi) is 5.09. The number of hydrogen-bond acceptors (Lipinski definition) is 2. The summed E-state index contributed by atoms with van der Waals surface area (Å²) in [6, 6.07) is 3.46. The van der Waals surface area contributed by atoms with Crippen molar-refractivity contribution in [3.63, 3.8) is 0 Å². The molecule has 1 aromatic rings. The van der Waals surface area contributed by atoms with Gasteiger partial charge in [0.1, 0.15) is 0 Å². The molecular weight excluding hydrogens is 347 g/mol. The fourth-order valence-corrected chi connectivity index (χ4v) is 2.77. The maximum absolute atomic E-state index is 11.6. The van der Waals surface area contributed by atoms with Gasteiger partial charge >= 0.3 is 5.97 Å². The first kappa shape index (κ1) is 13.0. The minimum atomic E-state index is -0.352. The Bertz CT molecular complexity index is 380. The van der Waals surface area contributed by atoms with Crippen LogP contribution in [0.3, 0.4) is 0 Å². The van der Waals surface area contributed by atoms with Crippen LogP contribution in [0.2, 0.25) is 5.02 Å². The number of carbonyl (C=O) groups excluding carboxylic acids is 1. The van der Waals surface area contributed by atoms with Gasteiger partial charge in [-0.3, -0.25) is 0 Å². The lowest BCUT2D eigenvalue weighted by molar-refractivity contribution is 0.0525. The van der Waals surface area contributed by atoms with E-state index in [1.807, 2.05) is 0 Å². The van der Waals surface area contributed by atoms with E-state index >= 15 is 0 Å². The van der Waals surface area contributed by atoms with Crippen molar-refractivity contribution in [3.8, 4) is 0 Å². The molecule has 5 heteroatoms. The summed E-state index contributed by atoms with van der Waals surface area (Å²) in [7, 11) is 0. The molecule has 15 heavy (non-hydrogen) atoms. The van der Waals surface area contributed by atoms with Crippen LogP contribution in [0.5, 0.6) is 0 Å². The van der Waals surface area contributed by atoms with Crippen molar-refractivity contribution in [1.82, 2.24) is 0 Å². The van der Waals surface area contributed by atoms with Crippen molar-refractivity contribution in [2.75, 3.05) is 6.61 Å². The van der Waals surface area contributed by atoms with Gasteiger partial charge in [0.15, 0.2) is 0 Å². The van der Waals surface area contributed by atoms with E-state index in [1.165, 1.54) is 0 Å². The van der Waals surface area contributed by atoms with E-state index in [9.17, 15) is 4.79 Å². The largest absolute Gasteiger partial charge is 0.462 e. The smallest absolute Gasteiger partial charge is 0.338 e. The molecule has 0 fully saturated rings. The van der Waals surface area contributed by atoms with Gasteiger partial charge in [0.25, 0.3) is 0 Å². The molecule has 1 rings (SSSR count). The molecule has 0 aliphatic carbocycles. The van der Waals surface area contributed by atoms with Crippen LogP contribution >= 0.6 is 43.5 Å². The zero-order valence-corrected chi connectivity index (χ0v) is 11.9. The summed E-state index contributed by atoms with van der Waals surface area (Å²) in [6.07, 6.45) is 0. The molecular formula is C10H9Br2ClO2. The monoisotopic (exact) mass is 354 g/mol. The molecule has 0 saturated carbocycles. The van der Waals surface area contributed by atoms with Crippen molar-refractivity contribution >= 4 is 49.4 Å². The highest BCUT2D eigenvalue weighted by atomic mass is 79.9. The fraction of sp³-hybridized carbons (Fsp3) is 0.300. The molecule has 0 unspecified atom stereocenters. The van der Waals surface area contributed by atoms with Crippen LogP contribution < -0.4 is 0 Å². The highest BCUT2D eigenvalue weighted by molar-refractivity contribution is 9.10. The Hall–Kier alpha value is -0.0600. The lowest BCUT2D eigenvalue weighted by Gasteiger charge is -2.09. The van der Waals surface area contributed by atoms with Gasteiger partial charge in [0.2, 0.25) is 0 Å². The van der Waals surface area contributed by atoms with Gasteiger partial charge in [0, 0.05) is 14.8 Å². The first-order chi connectivity index (χ1) is 7.10.